The highest BCUT2D eigenvalue weighted by atomic mass is 35.5. The number of ether oxygens (including phenoxy) is 1. The molecule has 0 saturated carbocycles. The van der Waals surface area contributed by atoms with E-state index in [1.54, 1.807) is 18.3 Å². The van der Waals surface area contributed by atoms with Gasteiger partial charge in [-0.1, -0.05) is 11.6 Å². The van der Waals surface area contributed by atoms with E-state index in [1.165, 1.54) is 17.3 Å². The zero-order chi connectivity index (χ0) is 13.0. The minimum absolute atomic E-state index is 0.0695. The maximum absolute atomic E-state index is 9.68. The van der Waals surface area contributed by atoms with Crippen LogP contribution in [0.15, 0.2) is 29.9 Å². The van der Waals surface area contributed by atoms with E-state index in [0.717, 1.165) is 0 Å². The number of aromatic nitrogens is 3. The van der Waals surface area contributed by atoms with Crippen molar-refractivity contribution in [3.63, 3.8) is 0 Å². The lowest BCUT2D eigenvalue weighted by atomic mass is 10.2. The number of phenolic OH excluding ortho intramolecular Hbond substituents is 1. The predicted molar refractivity (Wildman–Crippen MR) is 67.3 cm³/mol. The van der Waals surface area contributed by atoms with Crippen molar-refractivity contribution in [2.75, 3.05) is 6.61 Å². The molecule has 0 saturated heterocycles. The third-order valence-electron chi connectivity index (χ3n) is 2.10. The van der Waals surface area contributed by atoms with Crippen molar-refractivity contribution in [2.24, 2.45) is 5.10 Å². The van der Waals surface area contributed by atoms with Gasteiger partial charge in [0.05, 0.1) is 17.8 Å². The molecule has 1 N–H and O–H groups in total. The van der Waals surface area contributed by atoms with Crippen LogP contribution in [0.5, 0.6) is 11.5 Å². The second-order valence-electron chi connectivity index (χ2n) is 3.37. The molecule has 0 bridgehead atoms. The monoisotopic (exact) mass is 266 g/mol. The Labute approximate surface area is 108 Å². The summed E-state index contributed by atoms with van der Waals surface area (Å²) in [6.45, 7) is 2.27. The van der Waals surface area contributed by atoms with Crippen molar-refractivity contribution in [1.29, 1.82) is 0 Å². The molecule has 0 radical (unpaired) electrons. The summed E-state index contributed by atoms with van der Waals surface area (Å²) in [5.41, 5.74) is 0.704. The second kappa shape index (κ2) is 5.50. The quantitative estimate of drug-likeness (QED) is 0.858. The Morgan fingerprint density at radius 2 is 2.17 bits per heavy atom. The average Bonchev–Trinajstić information content (AvgIpc) is 2.86. The molecule has 1 aromatic carbocycles. The van der Waals surface area contributed by atoms with E-state index in [-0.39, 0.29) is 10.8 Å². The van der Waals surface area contributed by atoms with E-state index in [9.17, 15) is 5.11 Å². The van der Waals surface area contributed by atoms with Crippen LogP contribution in [0.4, 0.5) is 0 Å². The molecule has 0 atom stereocenters. The molecule has 94 valence electrons. The zero-order valence-electron chi connectivity index (χ0n) is 9.62. The summed E-state index contributed by atoms with van der Waals surface area (Å²) < 4.78 is 6.71. The molecule has 1 heterocycles. The van der Waals surface area contributed by atoms with Gasteiger partial charge in [-0.05, 0) is 24.6 Å². The van der Waals surface area contributed by atoms with Crippen LogP contribution < -0.4 is 4.74 Å². The first kappa shape index (κ1) is 12.4. The fourth-order valence-corrected chi connectivity index (χ4v) is 1.54. The minimum atomic E-state index is -0.0695. The van der Waals surface area contributed by atoms with Crippen LogP contribution in [0.2, 0.25) is 5.02 Å². The lowest BCUT2D eigenvalue weighted by Crippen LogP contribution is -1.94. The van der Waals surface area contributed by atoms with E-state index in [1.807, 2.05) is 6.92 Å². The number of rotatable bonds is 4. The van der Waals surface area contributed by atoms with Crippen LogP contribution in [0.25, 0.3) is 0 Å². The summed E-state index contributed by atoms with van der Waals surface area (Å²) in [5.74, 6) is 0.259. The van der Waals surface area contributed by atoms with E-state index in [0.29, 0.717) is 17.9 Å². The molecule has 1 aromatic heterocycles. The van der Waals surface area contributed by atoms with Crippen LogP contribution >= 0.6 is 11.6 Å². The maximum Gasteiger partial charge on any atom is 0.176 e. The van der Waals surface area contributed by atoms with Gasteiger partial charge in [0.1, 0.15) is 12.7 Å². The van der Waals surface area contributed by atoms with Crippen LogP contribution in [-0.2, 0) is 0 Å². The Balaban J connectivity index is 2.28. The van der Waals surface area contributed by atoms with Gasteiger partial charge in [-0.2, -0.15) is 5.10 Å². The summed E-state index contributed by atoms with van der Waals surface area (Å²) in [7, 11) is 0. The number of halogens is 1. The molecule has 0 unspecified atom stereocenters. The van der Waals surface area contributed by atoms with Crippen molar-refractivity contribution >= 4 is 17.8 Å². The van der Waals surface area contributed by atoms with Crippen molar-refractivity contribution in [1.82, 2.24) is 14.9 Å². The van der Waals surface area contributed by atoms with E-state index in [4.69, 9.17) is 16.3 Å². The average molecular weight is 267 g/mol. The Hall–Kier alpha value is -2.08. The first-order valence-electron chi connectivity index (χ1n) is 5.25. The smallest absolute Gasteiger partial charge is 0.176 e. The Bertz CT molecular complexity index is 554. The van der Waals surface area contributed by atoms with E-state index in [2.05, 4.69) is 15.3 Å². The second-order valence-corrected chi connectivity index (χ2v) is 3.78. The summed E-state index contributed by atoms with van der Waals surface area (Å²) in [4.78, 5) is 0. The first-order chi connectivity index (χ1) is 8.70. The Kier molecular flexibility index (Phi) is 3.78. The zero-order valence-corrected chi connectivity index (χ0v) is 10.4. The number of nitrogens with zero attached hydrogens (tertiary/aromatic N) is 4. The molecule has 0 fully saturated rings. The summed E-state index contributed by atoms with van der Waals surface area (Å²) in [5, 5.41) is 21.2. The number of phenols is 1. The Morgan fingerprint density at radius 3 is 2.83 bits per heavy atom. The Morgan fingerprint density at radius 1 is 1.44 bits per heavy atom. The third kappa shape index (κ3) is 2.78. The lowest BCUT2D eigenvalue weighted by molar-refractivity contribution is 0.318. The molecule has 2 aromatic rings. The molecule has 7 heteroatoms. The molecule has 2 rings (SSSR count). The SMILES string of the molecule is CCOc1cc(/C=N\n2cnnc2)cc(Cl)c1O. The van der Waals surface area contributed by atoms with Crippen LogP contribution in [0, 0.1) is 0 Å². The summed E-state index contributed by atoms with van der Waals surface area (Å²) in [6, 6.07) is 3.24. The van der Waals surface area contributed by atoms with Gasteiger partial charge in [0, 0.05) is 0 Å². The minimum Gasteiger partial charge on any atom is -0.503 e. The number of hydrogen-bond donors (Lipinski definition) is 1. The summed E-state index contributed by atoms with van der Waals surface area (Å²) >= 11 is 5.89. The fraction of sp³-hybridized carbons (Fsp3) is 0.182. The molecule has 0 spiro atoms. The van der Waals surface area contributed by atoms with Crippen molar-refractivity contribution in [2.45, 2.75) is 6.92 Å². The highest BCUT2D eigenvalue weighted by molar-refractivity contribution is 6.32. The molecule has 18 heavy (non-hydrogen) atoms. The predicted octanol–water partition coefficient (Wildman–Crippen LogP) is 1.92. The molecule has 0 aliphatic rings. The fourth-order valence-electron chi connectivity index (χ4n) is 1.32. The molecule has 0 aliphatic heterocycles. The van der Waals surface area contributed by atoms with Gasteiger partial charge < -0.3 is 9.84 Å². The number of aromatic hydroxyl groups is 1. The van der Waals surface area contributed by atoms with Gasteiger partial charge in [-0.15, -0.1) is 10.2 Å². The van der Waals surface area contributed by atoms with Crippen molar-refractivity contribution in [3.05, 3.63) is 35.4 Å². The van der Waals surface area contributed by atoms with Gasteiger partial charge in [-0.3, -0.25) is 0 Å². The summed E-state index contributed by atoms with van der Waals surface area (Å²) in [6.07, 6.45) is 4.49. The molecular weight excluding hydrogens is 256 g/mol. The van der Waals surface area contributed by atoms with E-state index < -0.39 is 0 Å². The molecule has 6 nitrogen and oxygen atoms in total. The van der Waals surface area contributed by atoms with Crippen molar-refractivity contribution < 1.29 is 9.84 Å². The highest BCUT2D eigenvalue weighted by Crippen LogP contribution is 2.34. The van der Waals surface area contributed by atoms with Crippen LogP contribution in [0.3, 0.4) is 0 Å². The number of hydrogen-bond acceptors (Lipinski definition) is 5. The van der Waals surface area contributed by atoms with Gasteiger partial charge in [0.15, 0.2) is 11.5 Å². The normalized spacial score (nSPS) is 11.0. The largest absolute Gasteiger partial charge is 0.503 e. The van der Waals surface area contributed by atoms with Gasteiger partial charge >= 0.3 is 0 Å². The third-order valence-corrected chi connectivity index (χ3v) is 2.39. The molecule has 0 amide bonds. The lowest BCUT2D eigenvalue weighted by Gasteiger charge is -2.07. The highest BCUT2D eigenvalue weighted by Gasteiger charge is 2.08. The van der Waals surface area contributed by atoms with Crippen molar-refractivity contribution in [3.8, 4) is 11.5 Å². The van der Waals surface area contributed by atoms with Gasteiger partial charge in [-0.25, -0.2) is 4.68 Å². The molecule has 0 aliphatic carbocycles. The van der Waals surface area contributed by atoms with Crippen LogP contribution in [0.1, 0.15) is 12.5 Å². The molecular formula is C11H11ClN4O2. The number of benzene rings is 1. The first-order valence-corrected chi connectivity index (χ1v) is 5.62. The van der Waals surface area contributed by atoms with E-state index >= 15 is 0 Å². The van der Waals surface area contributed by atoms with Gasteiger partial charge in [0.25, 0.3) is 0 Å². The topological polar surface area (TPSA) is 72.5 Å². The van der Waals surface area contributed by atoms with Crippen LogP contribution in [-0.4, -0.2) is 32.8 Å². The standard InChI is InChI=1S/C11H11ClN4O2/c1-2-18-10-4-8(3-9(12)11(10)17)5-15-16-6-13-14-7-16/h3-7,17H,2H2,1H3/b15-5-. The van der Waals surface area contributed by atoms with Gasteiger partial charge in [0.2, 0.25) is 0 Å². The maximum atomic E-state index is 9.68.